The highest BCUT2D eigenvalue weighted by molar-refractivity contribution is 5.95. The Bertz CT molecular complexity index is 996. The van der Waals surface area contributed by atoms with Crippen LogP contribution in [0.2, 0.25) is 0 Å². The van der Waals surface area contributed by atoms with Crippen molar-refractivity contribution >= 4 is 11.8 Å². The van der Waals surface area contributed by atoms with Gasteiger partial charge in [0.1, 0.15) is 0 Å². The molecule has 206 valence electrons. The molecule has 0 aliphatic carbocycles. The number of hydrogen-bond acceptors (Lipinski definition) is 5. The summed E-state index contributed by atoms with van der Waals surface area (Å²) in [5.74, 6) is -2.50. The van der Waals surface area contributed by atoms with Gasteiger partial charge in [-0.3, -0.25) is 9.59 Å². The predicted octanol–water partition coefficient (Wildman–Crippen LogP) is 6.13. The maximum absolute atomic E-state index is 12.0. The van der Waals surface area contributed by atoms with Crippen LogP contribution in [0, 0.1) is 0 Å². The van der Waals surface area contributed by atoms with Crippen LogP contribution >= 0.6 is 0 Å². The van der Waals surface area contributed by atoms with Gasteiger partial charge < -0.3 is 26.0 Å². The number of allylic oxidation sites excluding steroid dienone is 12. The van der Waals surface area contributed by atoms with E-state index >= 15 is 0 Å². The third-order valence-electron chi connectivity index (χ3n) is 5.20. The van der Waals surface area contributed by atoms with Crippen LogP contribution in [-0.4, -0.2) is 40.2 Å². The van der Waals surface area contributed by atoms with E-state index < -0.39 is 23.2 Å². The van der Waals surface area contributed by atoms with Crippen LogP contribution in [0.25, 0.3) is 0 Å². The summed E-state index contributed by atoms with van der Waals surface area (Å²) >= 11 is 0. The van der Waals surface area contributed by atoms with Crippen molar-refractivity contribution in [1.29, 1.82) is 0 Å². The molecular formula is C31H42N2O5. The highest BCUT2D eigenvalue weighted by Crippen LogP contribution is 2.35. The maximum Gasteiger partial charge on any atom is 0.251 e. The van der Waals surface area contributed by atoms with E-state index in [2.05, 4.69) is 78.3 Å². The summed E-state index contributed by atoms with van der Waals surface area (Å²) in [5.41, 5.74) is 0.00164. The lowest BCUT2D eigenvalue weighted by atomic mass is 10.1. The third kappa shape index (κ3) is 15.9. The number of benzene rings is 1. The van der Waals surface area contributed by atoms with Crippen LogP contribution in [0.1, 0.15) is 68.6 Å². The molecule has 0 aliphatic rings. The zero-order valence-electron chi connectivity index (χ0n) is 22.3. The average Bonchev–Trinajstić information content (AvgIpc) is 2.90. The van der Waals surface area contributed by atoms with E-state index in [1.165, 1.54) is 0 Å². The molecule has 0 bridgehead atoms. The summed E-state index contributed by atoms with van der Waals surface area (Å²) in [4.78, 5) is 23.9. The smallest absolute Gasteiger partial charge is 0.251 e. The maximum atomic E-state index is 12.0. The molecule has 2 amide bonds. The summed E-state index contributed by atoms with van der Waals surface area (Å²) in [6.07, 6.45) is 32.4. The Balaban J connectivity index is 2.04. The first-order valence-corrected chi connectivity index (χ1v) is 13.2. The minimum absolute atomic E-state index is 0.00164. The van der Waals surface area contributed by atoms with E-state index in [4.69, 9.17) is 0 Å². The lowest BCUT2D eigenvalue weighted by molar-refractivity contribution is -0.120. The van der Waals surface area contributed by atoms with Gasteiger partial charge in [0.25, 0.3) is 5.91 Å². The van der Waals surface area contributed by atoms with Crippen LogP contribution in [0.5, 0.6) is 17.2 Å². The van der Waals surface area contributed by atoms with E-state index in [9.17, 15) is 24.9 Å². The summed E-state index contributed by atoms with van der Waals surface area (Å²) < 4.78 is 0. The first kappa shape index (κ1) is 32.0. The molecule has 0 heterocycles. The van der Waals surface area contributed by atoms with Gasteiger partial charge in [-0.1, -0.05) is 79.8 Å². The number of nitrogens with one attached hydrogen (secondary N) is 2. The first-order chi connectivity index (χ1) is 18.5. The van der Waals surface area contributed by atoms with Gasteiger partial charge in [0.2, 0.25) is 5.91 Å². The predicted molar refractivity (Wildman–Crippen MR) is 154 cm³/mol. The van der Waals surface area contributed by atoms with Crippen molar-refractivity contribution in [2.24, 2.45) is 0 Å². The second-order valence-corrected chi connectivity index (χ2v) is 8.42. The number of phenols is 3. The van der Waals surface area contributed by atoms with Gasteiger partial charge >= 0.3 is 0 Å². The molecule has 1 rings (SSSR count). The molecule has 0 spiro atoms. The minimum Gasteiger partial charge on any atom is -0.504 e. The Hall–Kier alpha value is -4.00. The van der Waals surface area contributed by atoms with Gasteiger partial charge in [-0.2, -0.15) is 0 Å². The van der Waals surface area contributed by atoms with Crippen LogP contribution < -0.4 is 10.6 Å². The van der Waals surface area contributed by atoms with Crippen molar-refractivity contribution in [3.05, 3.63) is 90.6 Å². The fraction of sp³-hybridized carbons (Fsp3) is 0.355. The molecule has 0 aromatic heterocycles. The minimum atomic E-state index is -0.680. The van der Waals surface area contributed by atoms with Crippen LogP contribution in [-0.2, 0) is 4.79 Å². The average molecular weight is 523 g/mol. The molecule has 0 saturated heterocycles. The van der Waals surface area contributed by atoms with E-state index in [0.717, 1.165) is 50.7 Å². The molecule has 0 radical (unpaired) electrons. The normalized spacial score (nSPS) is 12.2. The number of amides is 2. The van der Waals surface area contributed by atoms with Crippen molar-refractivity contribution in [3.63, 3.8) is 0 Å². The van der Waals surface area contributed by atoms with Gasteiger partial charge in [-0.15, -0.1) is 0 Å². The van der Waals surface area contributed by atoms with Crippen LogP contribution in [0.15, 0.2) is 85.0 Å². The van der Waals surface area contributed by atoms with Gasteiger partial charge in [-0.25, -0.2) is 0 Å². The Kier molecular flexibility index (Phi) is 17.8. The largest absolute Gasteiger partial charge is 0.504 e. The van der Waals surface area contributed by atoms with Gasteiger partial charge in [0.15, 0.2) is 17.2 Å². The van der Waals surface area contributed by atoms with E-state index in [0.29, 0.717) is 12.8 Å². The number of carbonyl (C=O) groups is 2. The second-order valence-electron chi connectivity index (χ2n) is 8.42. The summed E-state index contributed by atoms with van der Waals surface area (Å²) in [5, 5.41) is 33.5. The van der Waals surface area contributed by atoms with Crippen LogP contribution in [0.3, 0.4) is 0 Å². The molecule has 0 atom stereocenters. The van der Waals surface area contributed by atoms with Crippen LogP contribution in [0.4, 0.5) is 0 Å². The molecular weight excluding hydrogens is 480 g/mol. The fourth-order valence-corrected chi connectivity index (χ4v) is 3.16. The number of rotatable bonds is 18. The second kappa shape index (κ2) is 21.1. The molecule has 1 aromatic carbocycles. The van der Waals surface area contributed by atoms with Crippen molar-refractivity contribution in [2.75, 3.05) is 13.1 Å². The van der Waals surface area contributed by atoms with Gasteiger partial charge in [-0.05, 0) is 57.1 Å². The molecule has 7 heteroatoms. The highest BCUT2D eigenvalue weighted by atomic mass is 16.3. The quantitative estimate of drug-likeness (QED) is 0.0903. The standard InChI is InChI=1S/C31H42N2O5/c1-2-3-4-5-6-7-8-9-10-11-12-13-14-15-16-17-18-19-20-21-29(36)32-22-23-33-31(38)26-24-27(34)30(37)28(35)25-26/h3-4,6-7,9-10,12-13,15-16,18-19,24-25,34-35,37H,2,5,8,11,14,17,20-23H2,1H3,(H,32,36)(H,33,38)/b4-3-,7-6-,10-9-,13-12-,16-15-,19-18-. The SMILES string of the molecule is CC/C=C\C/C=C\C/C=C\C/C=C\C/C=C\C/C=C\CCC(=O)NCCNC(=O)c1cc(O)c(O)c(O)c1. The monoisotopic (exact) mass is 522 g/mol. The topological polar surface area (TPSA) is 119 Å². The van der Waals surface area contributed by atoms with Crippen molar-refractivity contribution in [3.8, 4) is 17.2 Å². The number of carbonyl (C=O) groups excluding carboxylic acids is 2. The first-order valence-electron chi connectivity index (χ1n) is 13.2. The number of aromatic hydroxyl groups is 3. The van der Waals surface area contributed by atoms with Gasteiger partial charge in [0, 0.05) is 25.1 Å². The van der Waals surface area contributed by atoms with E-state index in [1.807, 2.05) is 12.2 Å². The molecule has 38 heavy (non-hydrogen) atoms. The Morgan fingerprint density at radius 1 is 0.658 bits per heavy atom. The number of phenolic OH excluding ortho intramolecular Hbond substituents is 3. The lowest BCUT2D eigenvalue weighted by Gasteiger charge is -2.08. The molecule has 0 unspecified atom stereocenters. The van der Waals surface area contributed by atoms with Crippen molar-refractivity contribution in [2.45, 2.75) is 58.3 Å². The zero-order chi connectivity index (χ0) is 27.8. The van der Waals surface area contributed by atoms with Crippen molar-refractivity contribution < 1.29 is 24.9 Å². The molecule has 0 aliphatic heterocycles. The van der Waals surface area contributed by atoms with Crippen molar-refractivity contribution in [1.82, 2.24) is 10.6 Å². The van der Waals surface area contributed by atoms with Gasteiger partial charge in [0.05, 0.1) is 0 Å². The summed E-state index contributed by atoms with van der Waals surface area (Å²) in [7, 11) is 0. The fourth-order valence-electron chi connectivity index (χ4n) is 3.16. The summed E-state index contributed by atoms with van der Waals surface area (Å²) in [6.45, 7) is 2.58. The Labute approximate surface area is 226 Å². The zero-order valence-corrected chi connectivity index (χ0v) is 22.3. The van der Waals surface area contributed by atoms with E-state index in [1.54, 1.807) is 0 Å². The number of hydrogen-bond donors (Lipinski definition) is 5. The molecule has 0 fully saturated rings. The molecule has 5 N–H and O–H groups in total. The molecule has 1 aromatic rings. The third-order valence-corrected chi connectivity index (χ3v) is 5.20. The molecule has 7 nitrogen and oxygen atoms in total. The highest BCUT2D eigenvalue weighted by Gasteiger charge is 2.13. The Morgan fingerprint density at radius 3 is 1.55 bits per heavy atom. The lowest BCUT2D eigenvalue weighted by Crippen LogP contribution is -2.34. The molecule has 0 saturated carbocycles. The Morgan fingerprint density at radius 2 is 1.08 bits per heavy atom. The van der Waals surface area contributed by atoms with E-state index in [-0.39, 0.29) is 24.6 Å². The summed E-state index contributed by atoms with van der Waals surface area (Å²) in [6, 6.07) is 2.10.